The Morgan fingerprint density at radius 1 is 1.36 bits per heavy atom. The maximum absolute atomic E-state index is 12.0. The molecule has 0 radical (unpaired) electrons. The van der Waals surface area contributed by atoms with Gasteiger partial charge in [0.25, 0.3) is 5.91 Å². The lowest BCUT2D eigenvalue weighted by molar-refractivity contribution is -0.0498. The lowest BCUT2D eigenvalue weighted by atomic mass is 10.2. The molecule has 1 heterocycles. The fraction of sp³-hybridized carbons (Fsp3) is 0.286. The number of aromatic nitrogens is 1. The van der Waals surface area contributed by atoms with Gasteiger partial charge in [-0.1, -0.05) is 11.8 Å². The fourth-order valence-electron chi connectivity index (χ4n) is 1.61. The molecule has 0 fully saturated rings. The number of hydrogen-bond donors (Lipinski definition) is 1. The van der Waals surface area contributed by atoms with Crippen molar-refractivity contribution in [3.8, 4) is 5.75 Å². The number of ether oxygens (including phenoxy) is 1. The summed E-state index contributed by atoms with van der Waals surface area (Å²) in [6.07, 6.45) is 2.58. The van der Waals surface area contributed by atoms with Gasteiger partial charge in [-0.05, 0) is 30.7 Å². The van der Waals surface area contributed by atoms with Crippen LogP contribution in [0.3, 0.4) is 0 Å². The normalized spacial score (nSPS) is 10.7. The Balaban J connectivity index is 1.68. The van der Waals surface area contributed by atoms with E-state index in [0.29, 0.717) is 12.1 Å². The summed E-state index contributed by atoms with van der Waals surface area (Å²) in [5.74, 6) is 0.670. The van der Waals surface area contributed by atoms with Crippen LogP contribution >= 0.6 is 23.1 Å². The number of nitrogens with zero attached hydrogens (tertiary/aromatic N) is 1. The van der Waals surface area contributed by atoms with Crippen LogP contribution in [0.1, 0.15) is 16.8 Å². The quantitative estimate of drug-likeness (QED) is 0.586. The number of carbonyl (C=O) groups excluding carboxylic acids is 1. The van der Waals surface area contributed by atoms with Crippen molar-refractivity contribution < 1.29 is 18.3 Å². The van der Waals surface area contributed by atoms with E-state index in [1.54, 1.807) is 29.3 Å². The first-order valence-corrected chi connectivity index (χ1v) is 8.37. The molecule has 0 aliphatic rings. The third-order valence-corrected chi connectivity index (χ3v) is 4.64. The van der Waals surface area contributed by atoms with Crippen molar-refractivity contribution in [3.05, 3.63) is 41.4 Å². The van der Waals surface area contributed by atoms with E-state index in [9.17, 15) is 13.6 Å². The monoisotopic (exact) mass is 344 g/mol. The summed E-state index contributed by atoms with van der Waals surface area (Å²) in [5, 5.41) is 4.70. The lowest BCUT2D eigenvalue weighted by Crippen LogP contribution is -2.24. The van der Waals surface area contributed by atoms with E-state index in [4.69, 9.17) is 0 Å². The highest BCUT2D eigenvalue weighted by molar-refractivity contribution is 8.00. The molecule has 0 spiro atoms. The highest BCUT2D eigenvalue weighted by atomic mass is 32.2. The van der Waals surface area contributed by atoms with Crippen LogP contribution in [0.25, 0.3) is 0 Å². The first kappa shape index (κ1) is 16.7. The molecule has 1 N–H and O–H groups in total. The Hall–Kier alpha value is -1.67. The van der Waals surface area contributed by atoms with Crippen LogP contribution in [-0.4, -0.2) is 29.8 Å². The van der Waals surface area contributed by atoms with Crippen molar-refractivity contribution in [1.82, 2.24) is 10.3 Å². The van der Waals surface area contributed by atoms with Gasteiger partial charge in [-0.15, -0.1) is 11.3 Å². The molecule has 2 aromatic rings. The second-order valence-electron chi connectivity index (χ2n) is 4.16. The average molecular weight is 344 g/mol. The number of nitrogens with one attached hydrogen (secondary N) is 1. The number of thiazole rings is 1. The van der Waals surface area contributed by atoms with Crippen molar-refractivity contribution >= 4 is 29.0 Å². The van der Waals surface area contributed by atoms with Crippen LogP contribution in [0, 0.1) is 0 Å². The molecule has 4 nitrogen and oxygen atoms in total. The Morgan fingerprint density at radius 2 is 2.14 bits per heavy atom. The minimum atomic E-state index is -2.87. The number of alkyl halides is 2. The van der Waals surface area contributed by atoms with Gasteiger partial charge in [-0.2, -0.15) is 8.78 Å². The standard InChI is InChI=1S/C14H14F2N2O2S2/c15-13(16)20-11-4-2-10(3-5-11)12(19)17-6-1-8-21-14-18-7-9-22-14/h2-5,7,9,13H,1,6,8H2,(H,17,19). The maximum atomic E-state index is 12.0. The van der Waals surface area contributed by atoms with Crippen molar-refractivity contribution in [3.63, 3.8) is 0 Å². The minimum absolute atomic E-state index is 0.0337. The van der Waals surface area contributed by atoms with Crippen LogP contribution < -0.4 is 10.1 Å². The molecule has 8 heteroatoms. The minimum Gasteiger partial charge on any atom is -0.435 e. The predicted octanol–water partition coefficient (Wildman–Crippen LogP) is 3.66. The summed E-state index contributed by atoms with van der Waals surface area (Å²) in [5.41, 5.74) is 0.411. The van der Waals surface area contributed by atoms with Crippen molar-refractivity contribution in [2.24, 2.45) is 0 Å². The molecule has 2 rings (SSSR count). The number of carbonyl (C=O) groups is 1. The summed E-state index contributed by atoms with van der Waals surface area (Å²) >= 11 is 3.24. The second kappa shape index (κ2) is 8.70. The largest absolute Gasteiger partial charge is 0.435 e. The summed E-state index contributed by atoms with van der Waals surface area (Å²) < 4.78 is 29.3. The van der Waals surface area contributed by atoms with Gasteiger partial charge in [0, 0.05) is 29.4 Å². The van der Waals surface area contributed by atoms with Gasteiger partial charge in [0.2, 0.25) is 0 Å². The van der Waals surface area contributed by atoms with E-state index >= 15 is 0 Å². The molecule has 0 unspecified atom stereocenters. The number of rotatable bonds is 8. The third-order valence-electron chi connectivity index (χ3n) is 2.58. The molecule has 0 bridgehead atoms. The average Bonchev–Trinajstić information content (AvgIpc) is 3.00. The Bertz CT molecular complexity index is 577. The first-order valence-electron chi connectivity index (χ1n) is 6.50. The highest BCUT2D eigenvalue weighted by Crippen LogP contribution is 2.20. The van der Waals surface area contributed by atoms with Gasteiger partial charge in [-0.25, -0.2) is 4.98 Å². The zero-order valence-electron chi connectivity index (χ0n) is 11.5. The van der Waals surface area contributed by atoms with E-state index < -0.39 is 6.61 Å². The summed E-state index contributed by atoms with van der Waals surface area (Å²) in [6, 6.07) is 5.60. The van der Waals surface area contributed by atoms with Crippen molar-refractivity contribution in [1.29, 1.82) is 0 Å². The SMILES string of the molecule is O=C(NCCCSc1nccs1)c1ccc(OC(F)F)cc1. The van der Waals surface area contributed by atoms with Crippen molar-refractivity contribution in [2.75, 3.05) is 12.3 Å². The van der Waals surface area contributed by atoms with Gasteiger partial charge >= 0.3 is 6.61 Å². The van der Waals surface area contributed by atoms with Crippen molar-refractivity contribution in [2.45, 2.75) is 17.4 Å². The molecule has 0 saturated carbocycles. The third kappa shape index (κ3) is 5.61. The molecule has 0 aliphatic carbocycles. The van der Waals surface area contributed by atoms with E-state index in [0.717, 1.165) is 16.5 Å². The molecule has 1 aromatic carbocycles. The maximum Gasteiger partial charge on any atom is 0.387 e. The molecule has 1 amide bonds. The van der Waals surface area contributed by atoms with Gasteiger partial charge in [0.15, 0.2) is 0 Å². The van der Waals surface area contributed by atoms with E-state index in [-0.39, 0.29) is 11.7 Å². The smallest absolute Gasteiger partial charge is 0.387 e. The number of halogens is 2. The van der Waals surface area contributed by atoms with Gasteiger partial charge in [0.05, 0.1) is 0 Å². The molecule has 1 aromatic heterocycles. The molecular weight excluding hydrogens is 330 g/mol. The zero-order chi connectivity index (χ0) is 15.8. The Morgan fingerprint density at radius 3 is 2.77 bits per heavy atom. The van der Waals surface area contributed by atoms with E-state index in [2.05, 4.69) is 15.0 Å². The topological polar surface area (TPSA) is 51.2 Å². The van der Waals surface area contributed by atoms with Gasteiger partial charge in [0.1, 0.15) is 10.1 Å². The molecular formula is C14H14F2N2O2S2. The molecule has 0 atom stereocenters. The predicted molar refractivity (Wildman–Crippen MR) is 82.9 cm³/mol. The summed E-state index contributed by atoms with van der Waals surface area (Å²) in [6.45, 7) is -2.32. The Kier molecular flexibility index (Phi) is 6.60. The zero-order valence-corrected chi connectivity index (χ0v) is 13.1. The van der Waals surface area contributed by atoms with Gasteiger partial charge in [-0.3, -0.25) is 4.79 Å². The summed E-state index contributed by atoms with van der Waals surface area (Å²) in [4.78, 5) is 16.0. The van der Waals surface area contributed by atoms with Crippen LogP contribution in [-0.2, 0) is 0 Å². The van der Waals surface area contributed by atoms with Crippen LogP contribution in [0.4, 0.5) is 8.78 Å². The molecule has 22 heavy (non-hydrogen) atoms. The van der Waals surface area contributed by atoms with Crippen LogP contribution in [0.15, 0.2) is 40.2 Å². The number of amides is 1. The number of hydrogen-bond acceptors (Lipinski definition) is 5. The molecule has 0 aliphatic heterocycles. The van der Waals surface area contributed by atoms with E-state index in [1.165, 1.54) is 24.3 Å². The highest BCUT2D eigenvalue weighted by Gasteiger charge is 2.07. The van der Waals surface area contributed by atoms with Crippen LogP contribution in [0.2, 0.25) is 0 Å². The van der Waals surface area contributed by atoms with E-state index in [1.807, 2.05) is 5.38 Å². The molecule has 0 saturated heterocycles. The second-order valence-corrected chi connectivity index (χ2v) is 6.40. The number of benzene rings is 1. The summed E-state index contributed by atoms with van der Waals surface area (Å²) in [7, 11) is 0. The molecule has 118 valence electrons. The fourth-order valence-corrected chi connectivity index (χ4v) is 3.25. The lowest BCUT2D eigenvalue weighted by Gasteiger charge is -2.07. The first-order chi connectivity index (χ1) is 10.6. The van der Waals surface area contributed by atoms with Gasteiger partial charge < -0.3 is 10.1 Å². The Labute approximate surface area is 134 Å². The number of thioether (sulfide) groups is 1. The van der Waals surface area contributed by atoms with Crippen LogP contribution in [0.5, 0.6) is 5.75 Å².